The Morgan fingerprint density at radius 2 is 2.33 bits per heavy atom. The number of aliphatic hydroxyl groups is 2. The summed E-state index contributed by atoms with van der Waals surface area (Å²) in [5, 5.41) is 18.9. The maximum Gasteiger partial charge on any atom is 0.312 e. The van der Waals surface area contributed by atoms with Crippen LogP contribution in [0, 0.1) is 0 Å². The lowest BCUT2D eigenvalue weighted by atomic mass is 10.4. The van der Waals surface area contributed by atoms with Gasteiger partial charge in [0, 0.05) is 6.54 Å². The zero-order valence-electron chi connectivity index (χ0n) is 4.87. The summed E-state index contributed by atoms with van der Waals surface area (Å²) in [5.41, 5.74) is 4.65. The fourth-order valence-electron chi connectivity index (χ4n) is 0.283. The number of nitrogens with two attached hydrogens (primary N) is 1. The molecule has 1 atom stereocenters. The van der Waals surface area contributed by atoms with E-state index < -0.39 is 12.1 Å². The van der Waals surface area contributed by atoms with Crippen molar-refractivity contribution in [2.45, 2.75) is 6.10 Å². The topological polar surface area (TPSA) is 95.6 Å². The Hall–Kier alpha value is -0.810. The predicted octanol–water partition coefficient (Wildman–Crippen LogP) is -1.99. The van der Waals surface area contributed by atoms with Crippen molar-refractivity contribution in [2.24, 2.45) is 5.73 Å². The summed E-state index contributed by atoms with van der Waals surface area (Å²) in [6.07, 6.45) is -0.919. The largest absolute Gasteiger partial charge is 0.394 e. The molecule has 0 aromatic heterocycles. The Balaban J connectivity index is 3.16. The van der Waals surface area contributed by atoms with Gasteiger partial charge >= 0.3 is 6.03 Å². The van der Waals surface area contributed by atoms with Gasteiger partial charge in [-0.1, -0.05) is 0 Å². The van der Waals surface area contributed by atoms with E-state index in [0.717, 1.165) is 0 Å². The van der Waals surface area contributed by atoms with Gasteiger partial charge in [0.25, 0.3) is 0 Å². The molecule has 0 saturated heterocycles. The molecule has 5 nitrogen and oxygen atoms in total. The van der Waals surface area contributed by atoms with Gasteiger partial charge in [-0.05, 0) is 0 Å². The van der Waals surface area contributed by atoms with Gasteiger partial charge in [0.1, 0.15) is 0 Å². The van der Waals surface area contributed by atoms with E-state index in [-0.39, 0.29) is 13.2 Å². The van der Waals surface area contributed by atoms with E-state index in [4.69, 9.17) is 10.2 Å². The molecule has 5 heteroatoms. The highest BCUT2D eigenvalue weighted by atomic mass is 16.3. The molecule has 0 aliphatic rings. The van der Waals surface area contributed by atoms with Crippen LogP contribution in [0.4, 0.5) is 4.79 Å². The second-order valence-electron chi connectivity index (χ2n) is 1.58. The molecule has 0 aliphatic heterocycles. The average molecular weight is 134 g/mol. The van der Waals surface area contributed by atoms with E-state index in [1.54, 1.807) is 0 Å². The highest BCUT2D eigenvalue weighted by Crippen LogP contribution is 1.74. The van der Waals surface area contributed by atoms with Crippen LogP contribution in [0.5, 0.6) is 0 Å². The highest BCUT2D eigenvalue weighted by Gasteiger charge is 2.00. The molecule has 0 aromatic carbocycles. The molecule has 0 saturated carbocycles. The van der Waals surface area contributed by atoms with Crippen molar-refractivity contribution in [3.8, 4) is 0 Å². The normalized spacial score (nSPS) is 12.7. The van der Waals surface area contributed by atoms with Crippen LogP contribution in [0.2, 0.25) is 0 Å². The predicted molar refractivity (Wildman–Crippen MR) is 30.7 cm³/mol. The first-order chi connectivity index (χ1) is 4.16. The van der Waals surface area contributed by atoms with Crippen LogP contribution in [0.3, 0.4) is 0 Å². The van der Waals surface area contributed by atoms with Crippen molar-refractivity contribution < 1.29 is 15.0 Å². The van der Waals surface area contributed by atoms with Crippen LogP contribution in [-0.4, -0.2) is 35.5 Å². The third-order valence-corrected chi connectivity index (χ3v) is 0.723. The monoisotopic (exact) mass is 134 g/mol. The summed E-state index contributed by atoms with van der Waals surface area (Å²) in [4.78, 5) is 9.94. The number of carbonyl (C=O) groups is 1. The van der Waals surface area contributed by atoms with Crippen LogP contribution >= 0.6 is 0 Å². The molecule has 0 rings (SSSR count). The first-order valence-electron chi connectivity index (χ1n) is 2.49. The van der Waals surface area contributed by atoms with Crippen molar-refractivity contribution in [3.05, 3.63) is 0 Å². The zero-order valence-corrected chi connectivity index (χ0v) is 4.87. The van der Waals surface area contributed by atoms with Gasteiger partial charge in [0.05, 0.1) is 12.7 Å². The SMILES string of the molecule is NC(=O)NC[C@@H](O)CO. The summed E-state index contributed by atoms with van der Waals surface area (Å²) in [7, 11) is 0. The number of hydrogen-bond donors (Lipinski definition) is 4. The Morgan fingerprint density at radius 1 is 1.78 bits per heavy atom. The van der Waals surface area contributed by atoms with Crippen molar-refractivity contribution in [1.29, 1.82) is 0 Å². The Morgan fingerprint density at radius 3 is 2.67 bits per heavy atom. The maximum atomic E-state index is 9.94. The quantitative estimate of drug-likeness (QED) is 0.359. The van der Waals surface area contributed by atoms with Gasteiger partial charge in [-0.2, -0.15) is 0 Å². The second kappa shape index (κ2) is 4.11. The van der Waals surface area contributed by atoms with E-state index in [1.807, 2.05) is 0 Å². The van der Waals surface area contributed by atoms with Gasteiger partial charge in [0.15, 0.2) is 0 Å². The van der Waals surface area contributed by atoms with Gasteiger partial charge in [-0.25, -0.2) is 4.79 Å². The fourth-order valence-corrected chi connectivity index (χ4v) is 0.283. The minimum Gasteiger partial charge on any atom is -0.394 e. The van der Waals surface area contributed by atoms with E-state index in [1.165, 1.54) is 0 Å². The van der Waals surface area contributed by atoms with E-state index in [9.17, 15) is 4.79 Å². The molecule has 5 N–H and O–H groups in total. The highest BCUT2D eigenvalue weighted by molar-refractivity contribution is 5.71. The average Bonchev–Trinajstić information content (AvgIpc) is 1.83. The minimum atomic E-state index is -0.919. The van der Waals surface area contributed by atoms with Gasteiger partial charge < -0.3 is 21.3 Å². The van der Waals surface area contributed by atoms with Gasteiger partial charge in [-0.3, -0.25) is 0 Å². The van der Waals surface area contributed by atoms with Gasteiger partial charge in [-0.15, -0.1) is 0 Å². The lowest BCUT2D eigenvalue weighted by Crippen LogP contribution is -2.37. The zero-order chi connectivity index (χ0) is 7.28. The van der Waals surface area contributed by atoms with E-state index in [2.05, 4.69) is 11.1 Å². The number of hydrogen-bond acceptors (Lipinski definition) is 3. The molecule has 9 heavy (non-hydrogen) atoms. The Bertz CT molecular complexity index is 95.8. The molecular weight excluding hydrogens is 124 g/mol. The number of nitrogens with one attached hydrogen (secondary N) is 1. The van der Waals surface area contributed by atoms with Crippen molar-refractivity contribution in [1.82, 2.24) is 5.32 Å². The molecular formula is C4H10N2O3. The molecule has 0 bridgehead atoms. The number of aliphatic hydroxyl groups excluding tert-OH is 2. The molecule has 0 aromatic rings. The van der Waals surface area contributed by atoms with Crippen molar-refractivity contribution in [2.75, 3.05) is 13.2 Å². The number of amides is 2. The summed E-state index contributed by atoms with van der Waals surface area (Å²) in [6, 6.07) is -0.706. The van der Waals surface area contributed by atoms with Crippen LogP contribution in [0.15, 0.2) is 0 Å². The molecule has 2 amide bonds. The third-order valence-electron chi connectivity index (χ3n) is 0.723. The number of rotatable bonds is 3. The molecule has 0 aliphatic carbocycles. The number of carbonyl (C=O) groups excluding carboxylic acids is 1. The van der Waals surface area contributed by atoms with Crippen LogP contribution < -0.4 is 11.1 Å². The summed E-state index contributed by atoms with van der Waals surface area (Å²) < 4.78 is 0. The number of primary amides is 1. The Labute approximate surface area is 52.5 Å². The minimum absolute atomic E-state index is 0.00810. The lowest BCUT2D eigenvalue weighted by Gasteiger charge is -2.05. The number of urea groups is 1. The molecule has 0 fully saturated rings. The summed E-state index contributed by atoms with van der Waals surface area (Å²) >= 11 is 0. The first kappa shape index (κ1) is 8.19. The summed E-state index contributed by atoms with van der Waals surface area (Å²) in [5.74, 6) is 0. The third kappa shape index (κ3) is 5.05. The molecule has 0 heterocycles. The standard InChI is InChI=1S/C4H10N2O3/c5-4(9)6-1-3(8)2-7/h3,7-8H,1-2H2,(H3,5,6,9)/t3-/m1/s1. The van der Waals surface area contributed by atoms with Crippen LogP contribution in [0.1, 0.15) is 0 Å². The Kier molecular flexibility index (Phi) is 3.74. The summed E-state index contributed by atoms with van der Waals surface area (Å²) in [6.45, 7) is -0.383. The molecule has 0 spiro atoms. The van der Waals surface area contributed by atoms with Crippen LogP contribution in [0.25, 0.3) is 0 Å². The van der Waals surface area contributed by atoms with Gasteiger partial charge in [0.2, 0.25) is 0 Å². The van der Waals surface area contributed by atoms with Crippen LogP contribution in [-0.2, 0) is 0 Å². The molecule has 54 valence electrons. The lowest BCUT2D eigenvalue weighted by molar-refractivity contribution is 0.0963. The van der Waals surface area contributed by atoms with Crippen molar-refractivity contribution >= 4 is 6.03 Å². The fraction of sp³-hybridized carbons (Fsp3) is 0.750. The second-order valence-corrected chi connectivity index (χ2v) is 1.58. The smallest absolute Gasteiger partial charge is 0.312 e. The van der Waals surface area contributed by atoms with Crippen molar-refractivity contribution in [3.63, 3.8) is 0 Å². The maximum absolute atomic E-state index is 9.94. The van der Waals surface area contributed by atoms with E-state index in [0.29, 0.717) is 0 Å². The van der Waals surface area contributed by atoms with E-state index >= 15 is 0 Å². The molecule has 0 radical (unpaired) electrons. The molecule has 0 unspecified atom stereocenters. The first-order valence-corrected chi connectivity index (χ1v) is 2.49.